The molecule has 3 rings (SSSR count). The zero-order valence-electron chi connectivity index (χ0n) is 15.3. The lowest BCUT2D eigenvalue weighted by Crippen LogP contribution is -2.65. The van der Waals surface area contributed by atoms with Crippen molar-refractivity contribution in [3.63, 3.8) is 0 Å². The summed E-state index contributed by atoms with van der Waals surface area (Å²) in [5, 5.41) is 4.42. The van der Waals surface area contributed by atoms with Gasteiger partial charge in [-0.15, -0.1) is 5.06 Å². The van der Waals surface area contributed by atoms with Crippen LogP contribution < -0.4 is 5.32 Å². The van der Waals surface area contributed by atoms with Crippen LogP contribution in [0, 0.1) is 11.8 Å². The Kier molecular flexibility index (Phi) is 4.92. The number of hydroxylamine groups is 2. The third-order valence-corrected chi connectivity index (χ3v) is 4.93. The predicted molar refractivity (Wildman–Crippen MR) is 93.1 cm³/mol. The second-order valence-corrected chi connectivity index (χ2v) is 8.08. The summed E-state index contributed by atoms with van der Waals surface area (Å²) in [7, 11) is 0. The van der Waals surface area contributed by atoms with Gasteiger partial charge in [-0.05, 0) is 45.2 Å². The molecular formula is C19H25FN2O4. The summed E-state index contributed by atoms with van der Waals surface area (Å²) in [5.41, 5.74) is -0.781. The molecule has 26 heavy (non-hydrogen) atoms. The summed E-state index contributed by atoms with van der Waals surface area (Å²) < 4.78 is 18.6. The molecule has 1 saturated carbocycles. The van der Waals surface area contributed by atoms with Crippen LogP contribution in [0.2, 0.25) is 0 Å². The average Bonchev–Trinajstić information content (AvgIpc) is 2.80. The van der Waals surface area contributed by atoms with Crippen LogP contribution in [-0.4, -0.2) is 48.0 Å². The minimum atomic E-state index is -0.615. The first-order valence-corrected chi connectivity index (χ1v) is 8.82. The number of fused-ring (bicyclic) bond motifs is 1. The number of amides is 1. The topological polar surface area (TPSA) is 67.9 Å². The van der Waals surface area contributed by atoms with Crippen LogP contribution >= 0.6 is 0 Å². The molecule has 2 aliphatic rings. The van der Waals surface area contributed by atoms with Crippen molar-refractivity contribution < 1.29 is 23.6 Å². The monoisotopic (exact) mass is 364 g/mol. The molecule has 0 spiro atoms. The van der Waals surface area contributed by atoms with Gasteiger partial charge in [0.25, 0.3) is 0 Å². The van der Waals surface area contributed by atoms with Gasteiger partial charge in [0, 0.05) is 12.5 Å². The lowest BCUT2D eigenvalue weighted by molar-refractivity contribution is -0.0967. The highest BCUT2D eigenvalue weighted by Gasteiger charge is 2.61. The Labute approximate surface area is 152 Å². The van der Waals surface area contributed by atoms with E-state index in [2.05, 4.69) is 5.32 Å². The summed E-state index contributed by atoms with van der Waals surface area (Å²) >= 11 is 0. The van der Waals surface area contributed by atoms with Crippen molar-refractivity contribution in [3.05, 3.63) is 35.9 Å². The number of ether oxygens (including phenoxy) is 1. The number of alkyl carbamates (subject to hydrolysis) is 1. The summed E-state index contributed by atoms with van der Waals surface area (Å²) in [6.07, 6.45) is -0.0247. The second kappa shape index (κ2) is 6.87. The molecule has 1 aromatic carbocycles. The first-order chi connectivity index (χ1) is 12.2. The van der Waals surface area contributed by atoms with E-state index < -0.39 is 29.9 Å². The van der Waals surface area contributed by atoms with E-state index in [0.29, 0.717) is 25.1 Å². The molecule has 3 atom stereocenters. The number of hydrogen-bond donors (Lipinski definition) is 1. The van der Waals surface area contributed by atoms with Gasteiger partial charge in [-0.2, -0.15) is 0 Å². The molecule has 1 N–H and O–H groups in total. The van der Waals surface area contributed by atoms with Gasteiger partial charge in [0.05, 0.1) is 24.3 Å². The van der Waals surface area contributed by atoms with Gasteiger partial charge in [0.1, 0.15) is 5.60 Å². The van der Waals surface area contributed by atoms with Crippen LogP contribution in [0.25, 0.3) is 0 Å². The lowest BCUT2D eigenvalue weighted by Gasteiger charge is -2.49. The maximum Gasteiger partial charge on any atom is 0.408 e. The molecule has 1 aliphatic carbocycles. The third-order valence-electron chi connectivity index (χ3n) is 4.93. The Morgan fingerprint density at radius 1 is 1.31 bits per heavy atom. The minimum Gasteiger partial charge on any atom is -0.444 e. The highest BCUT2D eigenvalue weighted by Crippen LogP contribution is 2.49. The average molecular weight is 364 g/mol. The highest BCUT2D eigenvalue weighted by atomic mass is 19.1. The normalized spacial score (nSPS) is 28.0. The van der Waals surface area contributed by atoms with Crippen molar-refractivity contribution in [1.29, 1.82) is 0 Å². The molecule has 142 valence electrons. The lowest BCUT2D eigenvalue weighted by atomic mass is 9.61. The van der Waals surface area contributed by atoms with Crippen molar-refractivity contribution in [2.24, 2.45) is 11.8 Å². The van der Waals surface area contributed by atoms with Crippen LogP contribution in [0.1, 0.15) is 37.6 Å². The molecule has 7 heteroatoms. The first kappa shape index (κ1) is 18.6. The number of hydrogen-bond acceptors (Lipinski definition) is 5. The summed E-state index contributed by atoms with van der Waals surface area (Å²) in [5.74, 6) is -0.718. The molecule has 1 saturated heterocycles. The first-order valence-electron chi connectivity index (χ1n) is 8.82. The van der Waals surface area contributed by atoms with Crippen molar-refractivity contribution >= 4 is 12.1 Å². The SMILES string of the molecule is CC(C)(C)OC(=O)N[C@@]12CC(CF)[C@@H]1CN(OC(=O)c1ccccc1)C2. The molecule has 2 fully saturated rings. The fourth-order valence-electron chi connectivity index (χ4n) is 3.82. The Morgan fingerprint density at radius 3 is 2.62 bits per heavy atom. The van der Waals surface area contributed by atoms with E-state index >= 15 is 0 Å². The van der Waals surface area contributed by atoms with E-state index in [9.17, 15) is 14.0 Å². The van der Waals surface area contributed by atoms with E-state index in [4.69, 9.17) is 9.57 Å². The Morgan fingerprint density at radius 2 is 2.00 bits per heavy atom. The van der Waals surface area contributed by atoms with E-state index in [0.717, 1.165) is 0 Å². The number of benzene rings is 1. The van der Waals surface area contributed by atoms with Gasteiger partial charge in [0.2, 0.25) is 0 Å². The molecule has 1 heterocycles. The number of carbonyl (C=O) groups excluding carboxylic acids is 2. The van der Waals surface area contributed by atoms with Gasteiger partial charge >= 0.3 is 12.1 Å². The molecule has 1 aliphatic heterocycles. The van der Waals surface area contributed by atoms with Gasteiger partial charge in [-0.1, -0.05) is 18.2 Å². The Hall–Kier alpha value is -2.15. The Bertz CT molecular complexity index is 676. The maximum absolute atomic E-state index is 13.2. The molecule has 6 nitrogen and oxygen atoms in total. The molecule has 1 amide bonds. The van der Waals surface area contributed by atoms with Crippen molar-refractivity contribution in [2.75, 3.05) is 19.8 Å². The third kappa shape index (κ3) is 3.82. The van der Waals surface area contributed by atoms with Crippen LogP contribution in [0.4, 0.5) is 9.18 Å². The van der Waals surface area contributed by atoms with E-state index in [1.54, 1.807) is 45.0 Å². The molecular weight excluding hydrogens is 339 g/mol. The molecule has 0 bridgehead atoms. The van der Waals surface area contributed by atoms with E-state index in [1.165, 1.54) is 5.06 Å². The summed E-state index contributed by atoms with van der Waals surface area (Å²) in [6.45, 7) is 5.62. The van der Waals surface area contributed by atoms with Crippen LogP contribution in [0.3, 0.4) is 0 Å². The summed E-state index contributed by atoms with van der Waals surface area (Å²) in [4.78, 5) is 29.9. The molecule has 0 aromatic heterocycles. The fraction of sp³-hybridized carbons (Fsp3) is 0.579. The number of nitrogens with one attached hydrogen (secondary N) is 1. The van der Waals surface area contributed by atoms with E-state index in [1.807, 2.05) is 6.07 Å². The summed E-state index contributed by atoms with van der Waals surface area (Å²) in [6, 6.07) is 8.68. The minimum absolute atomic E-state index is 0.108. The van der Waals surface area contributed by atoms with Crippen LogP contribution in [-0.2, 0) is 9.57 Å². The molecule has 1 unspecified atom stereocenters. The molecule has 1 aromatic rings. The highest BCUT2D eigenvalue weighted by molar-refractivity contribution is 5.89. The van der Waals surface area contributed by atoms with Crippen LogP contribution in [0.15, 0.2) is 30.3 Å². The number of carbonyl (C=O) groups is 2. The number of alkyl halides is 1. The maximum atomic E-state index is 13.2. The van der Waals surface area contributed by atoms with Crippen molar-refractivity contribution in [2.45, 2.75) is 38.3 Å². The van der Waals surface area contributed by atoms with Gasteiger partial charge in [0.15, 0.2) is 0 Å². The predicted octanol–water partition coefficient (Wildman–Crippen LogP) is 2.94. The second-order valence-electron chi connectivity index (χ2n) is 8.08. The molecule has 0 radical (unpaired) electrons. The smallest absolute Gasteiger partial charge is 0.408 e. The van der Waals surface area contributed by atoms with Gasteiger partial charge in [-0.25, -0.2) is 9.59 Å². The zero-order chi connectivity index (χ0) is 18.9. The van der Waals surface area contributed by atoms with Crippen molar-refractivity contribution in [1.82, 2.24) is 10.4 Å². The van der Waals surface area contributed by atoms with E-state index in [-0.39, 0.29) is 11.8 Å². The van der Waals surface area contributed by atoms with Crippen molar-refractivity contribution in [3.8, 4) is 0 Å². The Balaban J connectivity index is 1.65. The zero-order valence-corrected chi connectivity index (χ0v) is 15.3. The number of nitrogens with zero attached hydrogens (tertiary/aromatic N) is 1. The quantitative estimate of drug-likeness (QED) is 0.890. The largest absolute Gasteiger partial charge is 0.444 e. The van der Waals surface area contributed by atoms with Crippen LogP contribution in [0.5, 0.6) is 0 Å². The standard InChI is InChI=1S/C19H25FN2O4/c1-18(2,3)25-17(24)21-19-9-14(10-20)15(19)11-22(12-19)26-16(23)13-7-5-4-6-8-13/h4-8,14-15H,9-12H2,1-3H3,(H,21,24)/t14?,15-,19+/m0/s1. The number of rotatable bonds is 4. The van der Waals surface area contributed by atoms with Gasteiger partial charge in [-0.3, -0.25) is 4.39 Å². The number of halogens is 1. The fourth-order valence-corrected chi connectivity index (χ4v) is 3.82. The van der Waals surface area contributed by atoms with Gasteiger partial charge < -0.3 is 14.9 Å².